The number of methoxy groups -OCH3 is 1. The lowest BCUT2D eigenvalue weighted by Gasteiger charge is -2.67. The van der Waals surface area contributed by atoms with Crippen molar-refractivity contribution in [2.24, 2.45) is 22.7 Å². The van der Waals surface area contributed by atoms with Crippen LogP contribution in [0.25, 0.3) is 0 Å². The minimum Gasteiger partial charge on any atom is -0.455 e. The maximum absolute atomic E-state index is 14.8. The van der Waals surface area contributed by atoms with Crippen LogP contribution in [0, 0.1) is 22.7 Å². The van der Waals surface area contributed by atoms with Crippen molar-refractivity contribution in [1.82, 2.24) is 0 Å². The summed E-state index contributed by atoms with van der Waals surface area (Å²) >= 11 is 0. The second kappa shape index (κ2) is 9.98. The van der Waals surface area contributed by atoms with Gasteiger partial charge in [-0.1, -0.05) is 39.0 Å². The number of rotatable bonds is 5. The van der Waals surface area contributed by atoms with Gasteiger partial charge in [0.25, 0.3) is 0 Å². The molecule has 1 aromatic carbocycles. The predicted molar refractivity (Wildman–Crippen MR) is 145 cm³/mol. The van der Waals surface area contributed by atoms with Crippen LogP contribution in [0.5, 0.6) is 0 Å². The lowest BCUT2D eigenvalue weighted by Crippen LogP contribution is -2.81. The minimum atomic E-state index is -1.96. The Bertz CT molecular complexity index is 1270. The van der Waals surface area contributed by atoms with E-state index < -0.39 is 82.6 Å². The van der Waals surface area contributed by atoms with E-state index in [0.29, 0.717) is 5.57 Å². The van der Waals surface area contributed by atoms with E-state index in [1.807, 2.05) is 0 Å². The predicted octanol–water partition coefficient (Wildman–Crippen LogP) is 1.98. The van der Waals surface area contributed by atoms with Crippen LogP contribution >= 0.6 is 0 Å². The number of ether oxygens (including phenoxy) is 4. The Labute approximate surface area is 239 Å². The first kappa shape index (κ1) is 29.8. The van der Waals surface area contributed by atoms with E-state index in [1.54, 1.807) is 58.0 Å². The molecule has 5 rings (SSSR count). The summed E-state index contributed by atoms with van der Waals surface area (Å²) in [5.41, 5.74) is -5.53. The quantitative estimate of drug-likeness (QED) is 0.447. The largest absolute Gasteiger partial charge is 0.455 e. The van der Waals surface area contributed by atoms with Gasteiger partial charge in [0.2, 0.25) is 0 Å². The van der Waals surface area contributed by atoms with Crippen molar-refractivity contribution in [2.45, 2.75) is 83.1 Å². The normalized spacial score (nSPS) is 43.0. The lowest BCUT2D eigenvalue weighted by molar-refractivity contribution is -0.346. The first-order valence-electron chi connectivity index (χ1n) is 14.1. The summed E-state index contributed by atoms with van der Waals surface area (Å²) in [6.07, 6.45) is -4.11. The van der Waals surface area contributed by atoms with Crippen molar-refractivity contribution in [3.8, 4) is 0 Å². The number of carbonyl (C=O) groups is 3. The molecule has 1 aliphatic heterocycles. The van der Waals surface area contributed by atoms with Gasteiger partial charge < -0.3 is 34.3 Å². The summed E-state index contributed by atoms with van der Waals surface area (Å²) in [5.74, 6) is -3.59. The summed E-state index contributed by atoms with van der Waals surface area (Å²) in [4.78, 5) is 41.2. The highest BCUT2D eigenvalue weighted by atomic mass is 16.6. The van der Waals surface area contributed by atoms with Gasteiger partial charge in [0.1, 0.15) is 17.8 Å². The molecule has 2 bridgehead atoms. The first-order chi connectivity index (χ1) is 19.2. The fourth-order valence-electron chi connectivity index (χ4n) is 8.37. The number of fused-ring (bicyclic) bond motifs is 5. The van der Waals surface area contributed by atoms with Gasteiger partial charge in [-0.15, -0.1) is 0 Å². The third kappa shape index (κ3) is 3.98. The van der Waals surface area contributed by atoms with E-state index in [4.69, 9.17) is 18.9 Å². The molecule has 0 radical (unpaired) electrons. The number of Topliss-reactive ketones (excluding diaryl/α,β-unsaturated/α-hetero) is 1. The van der Waals surface area contributed by atoms with Crippen molar-refractivity contribution < 1.29 is 48.7 Å². The summed E-state index contributed by atoms with van der Waals surface area (Å²) in [7, 11) is 1.46. The third-order valence-corrected chi connectivity index (χ3v) is 10.5. The number of hydrogen-bond donors (Lipinski definition) is 3. The first-order valence-corrected chi connectivity index (χ1v) is 14.1. The summed E-state index contributed by atoms with van der Waals surface area (Å²) < 4.78 is 24.1. The fourth-order valence-corrected chi connectivity index (χ4v) is 8.37. The van der Waals surface area contributed by atoms with Gasteiger partial charge >= 0.3 is 11.9 Å². The Kier molecular flexibility index (Phi) is 7.27. The van der Waals surface area contributed by atoms with E-state index in [-0.39, 0.29) is 30.6 Å². The average Bonchev–Trinajstić information content (AvgIpc) is 2.91. The van der Waals surface area contributed by atoms with Gasteiger partial charge in [0.05, 0.1) is 42.3 Å². The van der Waals surface area contributed by atoms with Gasteiger partial charge in [-0.05, 0) is 24.6 Å². The van der Waals surface area contributed by atoms with Crippen LogP contribution in [-0.2, 0) is 28.5 Å². The van der Waals surface area contributed by atoms with Crippen LogP contribution in [0.2, 0.25) is 0 Å². The topological polar surface area (TPSA) is 149 Å². The Morgan fingerprint density at radius 1 is 1.15 bits per heavy atom. The molecule has 224 valence electrons. The zero-order valence-electron chi connectivity index (χ0n) is 24.4. The molecule has 3 N–H and O–H groups in total. The molecule has 10 nitrogen and oxygen atoms in total. The van der Waals surface area contributed by atoms with Gasteiger partial charge in [0.15, 0.2) is 11.4 Å². The minimum absolute atomic E-state index is 0.0683. The van der Waals surface area contributed by atoms with E-state index >= 15 is 0 Å². The van der Waals surface area contributed by atoms with Crippen molar-refractivity contribution >= 4 is 17.7 Å². The summed E-state index contributed by atoms with van der Waals surface area (Å²) in [6, 6.07) is 8.27. The standard InChI is InChI=1S/C31H40O10/c1-16-20(34)13-31(37)26(40-27(36)18-10-8-7-9-11-18)24-29(5,25(35)19(14-32)23(16)28(31,3)4)21(38-6)12-22-30(24,15-39-22)41-17(2)33/h7-11,16,20-22,24,26,32,34,37H,12-15H2,1-6H3/b23-19-/t16?,20-,21-,22+,24-,26-,29+,30-,31+/m0/s1. The summed E-state index contributed by atoms with van der Waals surface area (Å²) in [6.45, 7) is 7.38. The number of hydrogen-bond acceptors (Lipinski definition) is 10. The van der Waals surface area contributed by atoms with Crippen LogP contribution in [0.15, 0.2) is 41.5 Å². The number of ketones is 1. The van der Waals surface area contributed by atoms with Gasteiger partial charge in [-0.25, -0.2) is 4.79 Å². The molecule has 1 aromatic rings. The van der Waals surface area contributed by atoms with Gasteiger partial charge in [0, 0.05) is 43.8 Å². The SMILES string of the molecule is CO[C@H]1C[C@H]2OC[C@@]2(OC(C)=O)[C@H]2[C@H](OC(=O)c3ccccc3)[C@]3(O)C[C@H](O)C(C)/C(=C(\CO)C(=O)[C@]12C)C3(C)C. The molecule has 3 fully saturated rings. The average molecular weight is 573 g/mol. The van der Waals surface area contributed by atoms with E-state index in [9.17, 15) is 29.7 Å². The van der Waals surface area contributed by atoms with Gasteiger partial charge in [-0.2, -0.15) is 0 Å². The molecule has 9 atom stereocenters. The van der Waals surface area contributed by atoms with E-state index in [1.165, 1.54) is 14.0 Å². The van der Waals surface area contributed by atoms with Crippen LogP contribution in [-0.4, -0.2) is 89.0 Å². The molecule has 0 amide bonds. The second-order valence-electron chi connectivity index (χ2n) is 12.7. The maximum atomic E-state index is 14.8. The highest BCUT2D eigenvalue weighted by molar-refractivity contribution is 6.02. The molecule has 41 heavy (non-hydrogen) atoms. The zero-order chi connectivity index (χ0) is 30.1. The smallest absolute Gasteiger partial charge is 0.338 e. The van der Waals surface area contributed by atoms with E-state index in [2.05, 4.69) is 0 Å². The number of carbonyl (C=O) groups excluding carboxylic acids is 3. The Hall–Kier alpha value is -2.63. The Morgan fingerprint density at radius 2 is 1.80 bits per heavy atom. The maximum Gasteiger partial charge on any atom is 0.338 e. The Balaban J connectivity index is 1.86. The molecule has 10 heteroatoms. The molecule has 1 heterocycles. The van der Waals surface area contributed by atoms with Crippen molar-refractivity contribution in [1.29, 1.82) is 0 Å². The molecule has 3 aliphatic carbocycles. The lowest BCUT2D eigenvalue weighted by atomic mass is 9.44. The third-order valence-electron chi connectivity index (χ3n) is 10.5. The van der Waals surface area contributed by atoms with Crippen molar-refractivity contribution in [3.63, 3.8) is 0 Å². The van der Waals surface area contributed by atoms with E-state index in [0.717, 1.165) is 0 Å². The van der Waals surface area contributed by atoms with Crippen LogP contribution in [0.3, 0.4) is 0 Å². The molecule has 0 spiro atoms. The molecule has 1 saturated heterocycles. The molecule has 4 aliphatic rings. The molecular weight excluding hydrogens is 532 g/mol. The zero-order valence-corrected chi connectivity index (χ0v) is 24.4. The van der Waals surface area contributed by atoms with Crippen LogP contribution in [0.1, 0.15) is 57.8 Å². The fraction of sp³-hybridized carbons (Fsp3) is 0.645. The number of aliphatic hydroxyl groups excluding tert-OH is 2. The highest BCUT2D eigenvalue weighted by Gasteiger charge is 2.77. The monoisotopic (exact) mass is 572 g/mol. The highest BCUT2D eigenvalue weighted by Crippen LogP contribution is 2.64. The van der Waals surface area contributed by atoms with Crippen LogP contribution in [0.4, 0.5) is 0 Å². The van der Waals surface area contributed by atoms with Crippen molar-refractivity contribution in [3.05, 3.63) is 47.0 Å². The molecule has 2 saturated carbocycles. The second-order valence-corrected chi connectivity index (χ2v) is 12.7. The van der Waals surface area contributed by atoms with Crippen LogP contribution < -0.4 is 0 Å². The van der Waals surface area contributed by atoms with Crippen molar-refractivity contribution in [2.75, 3.05) is 20.3 Å². The number of esters is 2. The molecule has 0 aromatic heterocycles. The number of benzene rings is 1. The molecule has 1 unspecified atom stereocenters. The van der Waals surface area contributed by atoms with Gasteiger partial charge in [-0.3, -0.25) is 9.59 Å². The number of aliphatic hydroxyl groups is 3. The molecular formula is C31H40O10. The Morgan fingerprint density at radius 3 is 2.34 bits per heavy atom. The summed E-state index contributed by atoms with van der Waals surface area (Å²) in [5, 5.41) is 34.9.